The molecule has 1 amide bonds. The summed E-state index contributed by atoms with van der Waals surface area (Å²) in [6, 6.07) is 15.4. The first kappa shape index (κ1) is 31.3. The number of ether oxygens (including phenoxy) is 2. The molecule has 0 spiro atoms. The summed E-state index contributed by atoms with van der Waals surface area (Å²) in [5.74, 6) is 0.983. The predicted molar refractivity (Wildman–Crippen MR) is 165 cm³/mol. The van der Waals surface area contributed by atoms with E-state index < -0.39 is 0 Å². The van der Waals surface area contributed by atoms with Crippen LogP contribution in [-0.2, 0) is 6.54 Å². The number of ketones is 2. The molecule has 0 saturated carbocycles. The molecule has 44 heavy (non-hydrogen) atoms. The molecule has 2 aromatic carbocycles. The Morgan fingerprint density at radius 1 is 0.909 bits per heavy atom. The van der Waals surface area contributed by atoms with E-state index in [0.717, 1.165) is 25.1 Å². The second-order valence-corrected chi connectivity index (χ2v) is 11.9. The number of halogens is 1. The largest absolute Gasteiger partial charge is 0.497 e. The van der Waals surface area contributed by atoms with Crippen molar-refractivity contribution in [3.8, 4) is 11.5 Å². The van der Waals surface area contributed by atoms with Crippen molar-refractivity contribution in [1.29, 1.82) is 0 Å². The summed E-state index contributed by atoms with van der Waals surface area (Å²) in [6.45, 7) is 5.56. The van der Waals surface area contributed by atoms with Crippen LogP contribution < -0.4 is 9.47 Å². The fourth-order valence-electron chi connectivity index (χ4n) is 6.33. The average Bonchev–Trinajstić information content (AvgIpc) is 3.06. The number of hydrogen-bond donors (Lipinski definition) is 0. The van der Waals surface area contributed by atoms with Crippen molar-refractivity contribution in [2.24, 2.45) is 17.8 Å². The number of piperidine rings is 2. The molecule has 9 heteroatoms. The summed E-state index contributed by atoms with van der Waals surface area (Å²) >= 11 is 0. The zero-order valence-electron chi connectivity index (χ0n) is 25.6. The molecule has 1 aromatic heterocycles. The van der Waals surface area contributed by atoms with Gasteiger partial charge in [-0.3, -0.25) is 24.3 Å². The van der Waals surface area contributed by atoms with Gasteiger partial charge in [0.1, 0.15) is 11.4 Å². The number of carbonyl (C=O) groups is 3. The Balaban J connectivity index is 1.09. The number of rotatable bonds is 10. The van der Waals surface area contributed by atoms with Gasteiger partial charge in [-0.15, -0.1) is 0 Å². The van der Waals surface area contributed by atoms with Gasteiger partial charge in [-0.25, -0.2) is 4.39 Å². The molecule has 2 aliphatic heterocycles. The highest BCUT2D eigenvalue weighted by Crippen LogP contribution is 2.30. The minimum Gasteiger partial charge on any atom is -0.497 e. The molecule has 3 heterocycles. The third kappa shape index (κ3) is 7.33. The molecule has 0 aliphatic carbocycles. The fraction of sp³-hybridized carbons (Fsp3) is 0.429. The molecule has 2 saturated heterocycles. The van der Waals surface area contributed by atoms with Crippen LogP contribution in [0.2, 0.25) is 0 Å². The molecule has 0 N–H and O–H groups in total. The normalized spacial score (nSPS) is 19.4. The van der Waals surface area contributed by atoms with Crippen molar-refractivity contribution in [2.45, 2.75) is 39.2 Å². The molecule has 2 aliphatic rings. The minimum atomic E-state index is -0.368. The molecule has 2 fully saturated rings. The van der Waals surface area contributed by atoms with Crippen molar-refractivity contribution < 1.29 is 28.2 Å². The van der Waals surface area contributed by atoms with E-state index in [1.54, 1.807) is 60.5 Å². The highest BCUT2D eigenvalue weighted by atomic mass is 19.1. The van der Waals surface area contributed by atoms with Crippen LogP contribution in [0.5, 0.6) is 11.5 Å². The SMILES string of the molecule is COc1ccc(C(=O)C2CCN(C(=O)c3ccc(C(=O)CC4CCN(Cc5ccc(F)c(OC)c5)C[C@@H]4C)cn3)CC2)cc1. The predicted octanol–water partition coefficient (Wildman–Crippen LogP) is 5.70. The summed E-state index contributed by atoms with van der Waals surface area (Å²) in [4.78, 5) is 47.6. The van der Waals surface area contributed by atoms with Crippen LogP contribution in [0, 0.1) is 23.6 Å². The van der Waals surface area contributed by atoms with E-state index in [9.17, 15) is 18.8 Å². The van der Waals surface area contributed by atoms with E-state index in [1.165, 1.54) is 19.4 Å². The zero-order chi connectivity index (χ0) is 31.2. The molecule has 3 aromatic rings. The number of carbonyl (C=O) groups excluding carboxylic acids is 3. The van der Waals surface area contributed by atoms with Gasteiger partial charge in [0, 0.05) is 55.8 Å². The van der Waals surface area contributed by atoms with E-state index >= 15 is 0 Å². The number of nitrogens with zero attached hydrogens (tertiary/aromatic N) is 3. The highest BCUT2D eigenvalue weighted by Gasteiger charge is 2.30. The van der Waals surface area contributed by atoms with Gasteiger partial charge in [0.25, 0.3) is 5.91 Å². The number of hydrogen-bond acceptors (Lipinski definition) is 7. The highest BCUT2D eigenvalue weighted by molar-refractivity contribution is 5.99. The number of benzene rings is 2. The number of aromatic nitrogens is 1. The Morgan fingerprint density at radius 2 is 1.64 bits per heavy atom. The Bertz CT molecular complexity index is 1470. The minimum absolute atomic E-state index is 0.0305. The monoisotopic (exact) mass is 601 g/mol. The van der Waals surface area contributed by atoms with E-state index in [0.29, 0.717) is 67.4 Å². The molecule has 8 nitrogen and oxygen atoms in total. The molecule has 5 rings (SSSR count). The van der Waals surface area contributed by atoms with Crippen LogP contribution in [0.15, 0.2) is 60.8 Å². The third-order valence-electron chi connectivity index (χ3n) is 9.07. The summed E-state index contributed by atoms with van der Waals surface area (Å²) in [6.07, 6.45) is 4.04. The Labute approximate surface area is 258 Å². The average molecular weight is 602 g/mol. The van der Waals surface area contributed by atoms with Crippen molar-refractivity contribution in [3.63, 3.8) is 0 Å². The van der Waals surface area contributed by atoms with Crippen LogP contribution in [-0.4, -0.2) is 72.7 Å². The maximum absolute atomic E-state index is 13.8. The van der Waals surface area contributed by atoms with E-state index in [1.807, 2.05) is 0 Å². The van der Waals surface area contributed by atoms with Crippen LogP contribution in [0.1, 0.15) is 69.4 Å². The van der Waals surface area contributed by atoms with Gasteiger partial charge >= 0.3 is 0 Å². The lowest BCUT2D eigenvalue weighted by Gasteiger charge is -2.36. The van der Waals surface area contributed by atoms with Gasteiger partial charge in [0.2, 0.25) is 0 Å². The number of pyridine rings is 1. The lowest BCUT2D eigenvalue weighted by atomic mass is 9.82. The molecular formula is C35H40FN3O5. The van der Waals surface area contributed by atoms with Crippen molar-refractivity contribution >= 4 is 17.5 Å². The number of Topliss-reactive ketones (excluding diaryl/α,β-unsaturated/α-hetero) is 2. The van der Waals surface area contributed by atoms with Crippen LogP contribution >= 0.6 is 0 Å². The zero-order valence-corrected chi connectivity index (χ0v) is 25.6. The lowest BCUT2D eigenvalue weighted by molar-refractivity contribution is 0.0645. The van der Waals surface area contributed by atoms with Crippen molar-refractivity contribution in [3.05, 3.63) is 89.0 Å². The Kier molecular flexibility index (Phi) is 10.0. The summed E-state index contributed by atoms with van der Waals surface area (Å²) < 4.78 is 24.0. The van der Waals surface area contributed by atoms with Gasteiger partial charge in [0.15, 0.2) is 23.1 Å². The second-order valence-electron chi connectivity index (χ2n) is 11.9. The summed E-state index contributed by atoms with van der Waals surface area (Å²) in [5.41, 5.74) is 2.47. The third-order valence-corrected chi connectivity index (χ3v) is 9.07. The van der Waals surface area contributed by atoms with Gasteiger partial charge in [-0.05, 0) is 91.7 Å². The van der Waals surface area contributed by atoms with Gasteiger partial charge in [-0.1, -0.05) is 13.0 Å². The number of likely N-dealkylation sites (tertiary alicyclic amines) is 2. The van der Waals surface area contributed by atoms with Gasteiger partial charge < -0.3 is 14.4 Å². The van der Waals surface area contributed by atoms with Crippen LogP contribution in [0.25, 0.3) is 0 Å². The first-order chi connectivity index (χ1) is 21.2. The summed E-state index contributed by atoms with van der Waals surface area (Å²) in [5, 5.41) is 0. The van der Waals surface area contributed by atoms with Gasteiger partial charge in [-0.2, -0.15) is 0 Å². The molecular weight excluding hydrogens is 561 g/mol. The molecule has 0 bridgehead atoms. The smallest absolute Gasteiger partial charge is 0.272 e. The van der Waals surface area contributed by atoms with E-state index in [2.05, 4.69) is 16.8 Å². The van der Waals surface area contributed by atoms with Crippen molar-refractivity contribution in [2.75, 3.05) is 40.4 Å². The maximum atomic E-state index is 13.8. The van der Waals surface area contributed by atoms with E-state index in [-0.39, 0.29) is 40.9 Å². The first-order valence-corrected chi connectivity index (χ1v) is 15.3. The topological polar surface area (TPSA) is 89.0 Å². The Hall–Kier alpha value is -4.11. The quantitative estimate of drug-likeness (QED) is 0.275. The number of methoxy groups -OCH3 is 2. The molecule has 1 unspecified atom stereocenters. The first-order valence-electron chi connectivity index (χ1n) is 15.3. The Morgan fingerprint density at radius 3 is 2.27 bits per heavy atom. The molecule has 232 valence electrons. The summed E-state index contributed by atoms with van der Waals surface area (Å²) in [7, 11) is 3.06. The fourth-order valence-corrected chi connectivity index (χ4v) is 6.33. The van der Waals surface area contributed by atoms with Gasteiger partial charge in [0.05, 0.1) is 14.2 Å². The van der Waals surface area contributed by atoms with E-state index in [4.69, 9.17) is 9.47 Å². The molecule has 2 atom stereocenters. The second kappa shape index (κ2) is 14.1. The lowest BCUT2D eigenvalue weighted by Crippen LogP contribution is -2.40. The van der Waals surface area contributed by atoms with Crippen molar-refractivity contribution in [1.82, 2.24) is 14.8 Å². The van der Waals surface area contributed by atoms with Crippen LogP contribution in [0.3, 0.4) is 0 Å². The number of amides is 1. The van der Waals surface area contributed by atoms with Crippen LogP contribution in [0.4, 0.5) is 4.39 Å². The maximum Gasteiger partial charge on any atom is 0.272 e. The molecule has 0 radical (unpaired) electrons. The standard InChI is InChI=1S/C35H40FN3O5/c1-23-21-38(22-24-4-10-30(36)33(18-24)44-3)15-12-27(23)19-32(40)28-7-11-31(37-20-28)35(42)39-16-13-26(14-17-39)34(41)25-5-8-29(43-2)9-6-25/h4-11,18,20,23,26-27H,12-17,19,21-22H2,1-3H3/t23-,27?/m0/s1.